The molecule has 0 spiro atoms. The number of anilines is 2. The Hall–Kier alpha value is -2.37. The minimum atomic E-state index is 0.501. The normalized spacial score (nSPS) is 15.4. The van der Waals surface area contributed by atoms with E-state index in [9.17, 15) is 0 Å². The van der Waals surface area contributed by atoms with Gasteiger partial charge in [0.1, 0.15) is 5.75 Å². The summed E-state index contributed by atoms with van der Waals surface area (Å²) in [4.78, 5) is 4.54. The van der Waals surface area contributed by atoms with Crippen molar-refractivity contribution in [3.05, 3.63) is 36.0 Å². The number of benzene rings is 1. The molecule has 6 heteroatoms. The summed E-state index contributed by atoms with van der Waals surface area (Å²) >= 11 is 0. The number of aromatic nitrogens is 3. The molecule has 3 rings (SSSR count). The second kappa shape index (κ2) is 9.20. The lowest BCUT2D eigenvalue weighted by Crippen LogP contribution is -2.20. The van der Waals surface area contributed by atoms with Gasteiger partial charge >= 0.3 is 0 Å². The van der Waals surface area contributed by atoms with Gasteiger partial charge in [-0.1, -0.05) is 43.9 Å². The minimum Gasteiger partial charge on any atom is -0.496 e. The molecule has 1 aliphatic carbocycles. The molecule has 2 N–H and O–H groups in total. The van der Waals surface area contributed by atoms with Crippen LogP contribution in [0.2, 0.25) is 0 Å². The van der Waals surface area contributed by atoms with Crippen LogP contribution in [0.15, 0.2) is 30.5 Å². The van der Waals surface area contributed by atoms with E-state index in [4.69, 9.17) is 4.74 Å². The van der Waals surface area contributed by atoms with Gasteiger partial charge in [0.25, 0.3) is 0 Å². The zero-order valence-electron chi connectivity index (χ0n) is 14.9. The summed E-state index contributed by atoms with van der Waals surface area (Å²) in [5.41, 5.74) is 1.16. The van der Waals surface area contributed by atoms with Crippen LogP contribution < -0.4 is 15.4 Å². The first-order valence-corrected chi connectivity index (χ1v) is 9.17. The molecule has 25 heavy (non-hydrogen) atoms. The molecule has 1 aromatic carbocycles. The largest absolute Gasteiger partial charge is 0.496 e. The van der Waals surface area contributed by atoms with Crippen LogP contribution >= 0.6 is 0 Å². The molecule has 0 radical (unpaired) electrons. The molecule has 1 aliphatic rings. The van der Waals surface area contributed by atoms with Crippen LogP contribution in [0.1, 0.15) is 44.1 Å². The van der Waals surface area contributed by atoms with E-state index in [0.29, 0.717) is 12.0 Å². The predicted octanol–water partition coefficient (Wildman–Crippen LogP) is 3.67. The molecule has 134 valence electrons. The smallest absolute Gasteiger partial charge is 0.244 e. The van der Waals surface area contributed by atoms with Gasteiger partial charge in [-0.3, -0.25) is 0 Å². The Bertz CT molecular complexity index is 656. The fourth-order valence-electron chi connectivity index (χ4n) is 3.30. The van der Waals surface area contributed by atoms with Crippen molar-refractivity contribution in [1.29, 1.82) is 0 Å². The molecule has 0 amide bonds. The first kappa shape index (κ1) is 17.5. The van der Waals surface area contributed by atoms with Crippen molar-refractivity contribution in [1.82, 2.24) is 15.2 Å². The molecular weight excluding hydrogens is 314 g/mol. The molecule has 0 atom stereocenters. The van der Waals surface area contributed by atoms with Gasteiger partial charge in [0.2, 0.25) is 5.95 Å². The van der Waals surface area contributed by atoms with E-state index in [1.54, 1.807) is 13.3 Å². The van der Waals surface area contributed by atoms with Crippen molar-refractivity contribution in [3.63, 3.8) is 0 Å². The average Bonchev–Trinajstić information content (AvgIpc) is 2.91. The Morgan fingerprint density at radius 3 is 2.72 bits per heavy atom. The highest BCUT2D eigenvalue weighted by Crippen LogP contribution is 2.20. The number of rotatable bonds is 7. The third kappa shape index (κ3) is 5.31. The molecule has 0 aliphatic heterocycles. The van der Waals surface area contributed by atoms with Gasteiger partial charge in [-0.25, -0.2) is 0 Å². The highest BCUT2D eigenvalue weighted by Gasteiger charge is 2.13. The zero-order chi connectivity index (χ0) is 17.3. The van der Waals surface area contributed by atoms with Crippen molar-refractivity contribution >= 4 is 11.8 Å². The number of ether oxygens (including phenoxy) is 1. The van der Waals surface area contributed by atoms with Crippen LogP contribution in [0.3, 0.4) is 0 Å². The number of nitrogens with one attached hydrogen (secondary N) is 2. The van der Waals surface area contributed by atoms with Crippen LogP contribution in [0.5, 0.6) is 5.75 Å². The molecule has 1 heterocycles. The molecular formula is C19H27N5O. The molecule has 0 bridgehead atoms. The Balaban J connectivity index is 1.52. The Morgan fingerprint density at radius 1 is 1.12 bits per heavy atom. The van der Waals surface area contributed by atoms with Crippen molar-refractivity contribution in [2.24, 2.45) is 0 Å². The van der Waals surface area contributed by atoms with Crippen LogP contribution in [0.4, 0.5) is 11.8 Å². The van der Waals surface area contributed by atoms with Crippen LogP contribution in [-0.2, 0) is 6.42 Å². The predicted molar refractivity (Wildman–Crippen MR) is 100 cm³/mol. The molecule has 2 aromatic rings. The first-order chi connectivity index (χ1) is 12.3. The lowest BCUT2D eigenvalue weighted by Gasteiger charge is -2.16. The summed E-state index contributed by atoms with van der Waals surface area (Å²) in [5, 5.41) is 14.9. The summed E-state index contributed by atoms with van der Waals surface area (Å²) in [6, 6.07) is 8.55. The topological polar surface area (TPSA) is 72.0 Å². The summed E-state index contributed by atoms with van der Waals surface area (Å²) in [6.45, 7) is 0.731. The van der Waals surface area contributed by atoms with Crippen LogP contribution in [0.25, 0.3) is 0 Å². The van der Waals surface area contributed by atoms with Gasteiger partial charge in [-0.15, -0.1) is 5.10 Å². The Labute approximate surface area is 149 Å². The molecule has 6 nitrogen and oxygen atoms in total. The van der Waals surface area contributed by atoms with Gasteiger partial charge in [0.15, 0.2) is 5.82 Å². The van der Waals surface area contributed by atoms with E-state index in [-0.39, 0.29) is 0 Å². The van der Waals surface area contributed by atoms with Gasteiger partial charge in [-0.05, 0) is 30.9 Å². The second-order valence-electron chi connectivity index (χ2n) is 6.49. The summed E-state index contributed by atoms with van der Waals surface area (Å²) in [5.74, 6) is 2.28. The fourth-order valence-corrected chi connectivity index (χ4v) is 3.30. The van der Waals surface area contributed by atoms with Crippen LogP contribution in [-0.4, -0.2) is 34.9 Å². The maximum absolute atomic E-state index is 5.38. The van der Waals surface area contributed by atoms with Gasteiger partial charge in [0.05, 0.1) is 13.3 Å². The van der Waals surface area contributed by atoms with Gasteiger partial charge in [0, 0.05) is 12.6 Å². The maximum atomic E-state index is 5.38. The number of para-hydroxylation sites is 1. The molecule has 1 saturated carbocycles. The molecule has 1 fully saturated rings. The van der Waals surface area contributed by atoms with E-state index < -0.39 is 0 Å². The van der Waals surface area contributed by atoms with E-state index >= 15 is 0 Å². The molecule has 1 aromatic heterocycles. The minimum absolute atomic E-state index is 0.501. The number of nitrogens with zero attached hydrogens (tertiary/aromatic N) is 3. The third-order valence-corrected chi connectivity index (χ3v) is 4.64. The van der Waals surface area contributed by atoms with E-state index in [1.807, 2.05) is 18.2 Å². The van der Waals surface area contributed by atoms with Crippen molar-refractivity contribution in [2.75, 3.05) is 24.3 Å². The van der Waals surface area contributed by atoms with Crippen molar-refractivity contribution in [2.45, 2.75) is 51.0 Å². The quantitative estimate of drug-likeness (QED) is 0.749. The number of hydrogen-bond acceptors (Lipinski definition) is 6. The highest BCUT2D eigenvalue weighted by atomic mass is 16.5. The molecule has 0 unspecified atom stereocenters. The van der Waals surface area contributed by atoms with Crippen LogP contribution in [0, 0.1) is 0 Å². The highest BCUT2D eigenvalue weighted by molar-refractivity contribution is 5.38. The van der Waals surface area contributed by atoms with E-state index in [1.165, 1.54) is 38.5 Å². The summed E-state index contributed by atoms with van der Waals surface area (Å²) in [6.07, 6.45) is 10.2. The standard InChI is InChI=1S/C19H27N5O/c1-25-17-11-7-6-8-15(17)12-13-20-19-23-18(14-21-24-19)22-16-9-4-2-3-5-10-16/h6-8,11,14,16H,2-5,9-10,12-13H2,1H3,(H2,20,22,23,24). The Morgan fingerprint density at radius 2 is 1.92 bits per heavy atom. The molecule has 0 saturated heterocycles. The average molecular weight is 341 g/mol. The lowest BCUT2D eigenvalue weighted by molar-refractivity contribution is 0.410. The fraction of sp³-hybridized carbons (Fsp3) is 0.526. The first-order valence-electron chi connectivity index (χ1n) is 9.17. The van der Waals surface area contributed by atoms with Gasteiger partial charge < -0.3 is 15.4 Å². The zero-order valence-corrected chi connectivity index (χ0v) is 14.9. The van der Waals surface area contributed by atoms with E-state index in [0.717, 1.165) is 30.1 Å². The maximum Gasteiger partial charge on any atom is 0.244 e. The van der Waals surface area contributed by atoms with Crippen molar-refractivity contribution in [3.8, 4) is 5.75 Å². The summed E-state index contributed by atoms with van der Waals surface area (Å²) < 4.78 is 5.38. The monoisotopic (exact) mass is 341 g/mol. The second-order valence-corrected chi connectivity index (χ2v) is 6.49. The van der Waals surface area contributed by atoms with Crippen molar-refractivity contribution < 1.29 is 4.74 Å². The van der Waals surface area contributed by atoms with E-state index in [2.05, 4.69) is 31.9 Å². The lowest BCUT2D eigenvalue weighted by atomic mass is 10.1. The SMILES string of the molecule is COc1ccccc1CCNc1nncc(NC2CCCCCC2)n1. The third-order valence-electron chi connectivity index (χ3n) is 4.64. The number of methoxy groups -OCH3 is 1. The number of hydrogen-bond donors (Lipinski definition) is 2. The summed E-state index contributed by atoms with van der Waals surface area (Å²) in [7, 11) is 1.70. The van der Waals surface area contributed by atoms with Gasteiger partial charge in [-0.2, -0.15) is 10.1 Å². The Kier molecular flexibility index (Phi) is 6.42.